The molecular weight excluding hydrogens is 287 g/mol. The SMILES string of the molecule is NCc1ccc(Cl)cc1Oc1ccc([N+](=O)[O-])cc1F. The number of nitrogens with two attached hydrogens (primary N) is 1. The van der Waals surface area contributed by atoms with Gasteiger partial charge in [0.05, 0.1) is 11.0 Å². The number of rotatable bonds is 4. The Labute approximate surface area is 118 Å². The third kappa shape index (κ3) is 3.04. The Morgan fingerprint density at radius 1 is 1.25 bits per heavy atom. The number of benzene rings is 2. The maximum absolute atomic E-state index is 13.7. The van der Waals surface area contributed by atoms with Crippen LogP contribution in [0.3, 0.4) is 0 Å². The lowest BCUT2D eigenvalue weighted by Gasteiger charge is -2.11. The number of hydrogen-bond acceptors (Lipinski definition) is 4. The molecule has 2 aromatic carbocycles. The van der Waals surface area contributed by atoms with E-state index in [-0.39, 0.29) is 18.0 Å². The second-order valence-electron chi connectivity index (χ2n) is 3.93. The number of nitro benzene ring substituents is 1. The Morgan fingerprint density at radius 3 is 2.60 bits per heavy atom. The third-order valence-electron chi connectivity index (χ3n) is 2.60. The molecule has 0 spiro atoms. The van der Waals surface area contributed by atoms with Gasteiger partial charge in [0, 0.05) is 23.2 Å². The summed E-state index contributed by atoms with van der Waals surface area (Å²) in [4.78, 5) is 9.85. The second-order valence-corrected chi connectivity index (χ2v) is 4.37. The summed E-state index contributed by atoms with van der Waals surface area (Å²) >= 11 is 5.84. The maximum Gasteiger partial charge on any atom is 0.272 e. The Hall–Kier alpha value is -2.18. The average Bonchev–Trinajstić information content (AvgIpc) is 2.41. The van der Waals surface area contributed by atoms with Gasteiger partial charge in [0.25, 0.3) is 5.69 Å². The van der Waals surface area contributed by atoms with Crippen LogP contribution in [0.5, 0.6) is 11.5 Å². The molecule has 0 aliphatic rings. The first-order valence-electron chi connectivity index (χ1n) is 5.61. The zero-order valence-electron chi connectivity index (χ0n) is 10.2. The van der Waals surface area contributed by atoms with Crippen LogP contribution in [-0.2, 0) is 6.54 Å². The Balaban J connectivity index is 2.35. The quantitative estimate of drug-likeness (QED) is 0.690. The van der Waals surface area contributed by atoms with Gasteiger partial charge >= 0.3 is 0 Å². The van der Waals surface area contributed by atoms with Crippen LogP contribution in [0.2, 0.25) is 5.02 Å². The van der Waals surface area contributed by atoms with Crippen LogP contribution in [0.15, 0.2) is 36.4 Å². The van der Waals surface area contributed by atoms with E-state index in [0.29, 0.717) is 16.3 Å². The number of nitrogens with zero attached hydrogens (tertiary/aromatic N) is 1. The van der Waals surface area contributed by atoms with Crippen molar-refractivity contribution in [2.75, 3.05) is 0 Å². The number of ether oxygens (including phenoxy) is 1. The van der Waals surface area contributed by atoms with Crippen molar-refractivity contribution >= 4 is 17.3 Å². The van der Waals surface area contributed by atoms with Crippen molar-refractivity contribution in [2.24, 2.45) is 5.73 Å². The van der Waals surface area contributed by atoms with Crippen molar-refractivity contribution in [1.29, 1.82) is 0 Å². The van der Waals surface area contributed by atoms with Crippen LogP contribution in [0.4, 0.5) is 10.1 Å². The lowest BCUT2D eigenvalue weighted by molar-refractivity contribution is -0.385. The molecule has 20 heavy (non-hydrogen) atoms. The highest BCUT2D eigenvalue weighted by Crippen LogP contribution is 2.31. The molecule has 0 radical (unpaired) electrons. The van der Waals surface area contributed by atoms with Crippen molar-refractivity contribution in [3.63, 3.8) is 0 Å². The first kappa shape index (κ1) is 14.2. The minimum atomic E-state index is -0.831. The zero-order chi connectivity index (χ0) is 14.7. The molecule has 0 saturated carbocycles. The van der Waals surface area contributed by atoms with Gasteiger partial charge in [0.1, 0.15) is 5.75 Å². The highest BCUT2D eigenvalue weighted by Gasteiger charge is 2.13. The molecule has 0 aliphatic carbocycles. The molecule has 0 aliphatic heterocycles. The van der Waals surface area contributed by atoms with Crippen molar-refractivity contribution in [2.45, 2.75) is 6.54 Å². The molecule has 0 bridgehead atoms. The minimum Gasteiger partial charge on any atom is -0.454 e. The number of non-ortho nitro benzene ring substituents is 1. The summed E-state index contributed by atoms with van der Waals surface area (Å²) in [5.74, 6) is -0.650. The van der Waals surface area contributed by atoms with E-state index in [1.807, 2.05) is 0 Å². The van der Waals surface area contributed by atoms with Gasteiger partial charge in [-0.05, 0) is 18.2 Å². The van der Waals surface area contributed by atoms with Gasteiger partial charge in [-0.25, -0.2) is 4.39 Å². The van der Waals surface area contributed by atoms with Gasteiger partial charge in [0.15, 0.2) is 11.6 Å². The molecule has 104 valence electrons. The van der Waals surface area contributed by atoms with E-state index in [1.165, 1.54) is 12.1 Å². The van der Waals surface area contributed by atoms with E-state index in [4.69, 9.17) is 22.1 Å². The fourth-order valence-corrected chi connectivity index (χ4v) is 1.76. The van der Waals surface area contributed by atoms with Crippen molar-refractivity contribution in [1.82, 2.24) is 0 Å². The van der Waals surface area contributed by atoms with E-state index < -0.39 is 10.7 Å². The molecule has 0 aromatic heterocycles. The summed E-state index contributed by atoms with van der Waals surface area (Å²) < 4.78 is 19.1. The Kier molecular flexibility index (Phi) is 4.16. The van der Waals surface area contributed by atoms with E-state index in [1.54, 1.807) is 12.1 Å². The molecule has 0 fully saturated rings. The predicted molar refractivity (Wildman–Crippen MR) is 72.5 cm³/mol. The highest BCUT2D eigenvalue weighted by molar-refractivity contribution is 6.30. The zero-order valence-corrected chi connectivity index (χ0v) is 10.9. The molecule has 0 unspecified atom stereocenters. The fraction of sp³-hybridized carbons (Fsp3) is 0.0769. The fourth-order valence-electron chi connectivity index (χ4n) is 1.60. The largest absolute Gasteiger partial charge is 0.454 e. The number of nitro groups is 1. The van der Waals surface area contributed by atoms with Gasteiger partial charge in [-0.2, -0.15) is 0 Å². The molecule has 0 heterocycles. The van der Waals surface area contributed by atoms with Gasteiger partial charge in [-0.15, -0.1) is 0 Å². The maximum atomic E-state index is 13.7. The molecule has 2 rings (SSSR count). The van der Waals surface area contributed by atoms with E-state index in [0.717, 1.165) is 12.1 Å². The molecule has 0 atom stereocenters. The van der Waals surface area contributed by atoms with Crippen LogP contribution in [-0.4, -0.2) is 4.92 Å². The molecule has 5 nitrogen and oxygen atoms in total. The van der Waals surface area contributed by atoms with Crippen LogP contribution < -0.4 is 10.5 Å². The van der Waals surface area contributed by atoms with Crippen LogP contribution in [0.25, 0.3) is 0 Å². The van der Waals surface area contributed by atoms with Gasteiger partial charge in [-0.3, -0.25) is 10.1 Å². The van der Waals surface area contributed by atoms with Crippen LogP contribution >= 0.6 is 11.6 Å². The smallest absolute Gasteiger partial charge is 0.272 e. The molecular formula is C13H10ClFN2O3. The first-order chi connectivity index (χ1) is 9.51. The monoisotopic (exact) mass is 296 g/mol. The van der Waals surface area contributed by atoms with Crippen molar-refractivity contribution in [3.05, 3.63) is 62.9 Å². The molecule has 2 N–H and O–H groups in total. The Morgan fingerprint density at radius 2 is 2.00 bits per heavy atom. The highest BCUT2D eigenvalue weighted by atomic mass is 35.5. The summed E-state index contributed by atoms with van der Waals surface area (Å²) in [5, 5.41) is 10.9. The average molecular weight is 297 g/mol. The first-order valence-corrected chi connectivity index (χ1v) is 5.99. The normalized spacial score (nSPS) is 10.3. The lowest BCUT2D eigenvalue weighted by atomic mass is 10.2. The summed E-state index contributed by atoms with van der Waals surface area (Å²) in [7, 11) is 0. The summed E-state index contributed by atoms with van der Waals surface area (Å²) in [6.07, 6.45) is 0. The van der Waals surface area contributed by atoms with Gasteiger partial charge < -0.3 is 10.5 Å². The summed E-state index contributed by atoms with van der Waals surface area (Å²) in [5.41, 5.74) is 5.85. The van der Waals surface area contributed by atoms with E-state index in [9.17, 15) is 14.5 Å². The lowest BCUT2D eigenvalue weighted by Crippen LogP contribution is -2.00. The van der Waals surface area contributed by atoms with Crippen LogP contribution in [0, 0.1) is 15.9 Å². The van der Waals surface area contributed by atoms with Crippen molar-refractivity contribution < 1.29 is 14.1 Å². The van der Waals surface area contributed by atoms with Crippen molar-refractivity contribution in [3.8, 4) is 11.5 Å². The number of hydrogen-bond donors (Lipinski definition) is 1. The third-order valence-corrected chi connectivity index (χ3v) is 2.83. The van der Waals surface area contributed by atoms with E-state index in [2.05, 4.69) is 0 Å². The molecule has 0 amide bonds. The standard InChI is InChI=1S/C13H10ClFN2O3/c14-9-2-1-8(7-16)13(5-9)20-12-4-3-10(17(18)19)6-11(12)15/h1-6H,7,16H2. The minimum absolute atomic E-state index is 0.132. The molecule has 0 saturated heterocycles. The topological polar surface area (TPSA) is 78.4 Å². The van der Waals surface area contributed by atoms with Gasteiger partial charge in [-0.1, -0.05) is 17.7 Å². The second kappa shape index (κ2) is 5.85. The Bertz CT molecular complexity index is 664. The van der Waals surface area contributed by atoms with Crippen LogP contribution in [0.1, 0.15) is 5.56 Å². The molecule has 2 aromatic rings. The summed E-state index contributed by atoms with van der Waals surface area (Å²) in [6, 6.07) is 7.95. The molecule has 7 heteroatoms. The van der Waals surface area contributed by atoms with Gasteiger partial charge in [0.2, 0.25) is 0 Å². The van der Waals surface area contributed by atoms with E-state index >= 15 is 0 Å². The number of halogens is 2. The summed E-state index contributed by atoms with van der Waals surface area (Å²) in [6.45, 7) is 0.196. The predicted octanol–water partition coefficient (Wildman–Crippen LogP) is 3.64.